The summed E-state index contributed by atoms with van der Waals surface area (Å²) in [6, 6.07) is 17.5. The number of nitrogens with zero attached hydrogens (tertiary/aromatic N) is 1. The summed E-state index contributed by atoms with van der Waals surface area (Å²) >= 11 is 6.35. The van der Waals surface area contributed by atoms with Crippen molar-refractivity contribution in [3.8, 4) is 6.07 Å². The Morgan fingerprint density at radius 3 is 2.54 bits per heavy atom. The molecule has 0 saturated carbocycles. The first-order chi connectivity index (χ1) is 13.5. The second-order valence-corrected chi connectivity index (χ2v) is 7.63. The van der Waals surface area contributed by atoms with Gasteiger partial charge in [0.05, 0.1) is 5.92 Å². The lowest BCUT2D eigenvalue weighted by Crippen LogP contribution is -2.30. The first-order valence-electron chi connectivity index (χ1n) is 9.14. The number of carbonyl (C=O) groups excluding carboxylic acids is 1. The SMILES string of the molecule is Cc1ccc(C2C(C#N)=C(N)OC3=C2C(=O)CC(c2ccccc2Cl)C3)cc1. The number of rotatable bonds is 2. The second-order valence-electron chi connectivity index (χ2n) is 7.22. The molecule has 28 heavy (non-hydrogen) atoms. The molecule has 0 amide bonds. The maximum atomic E-state index is 13.2. The lowest BCUT2D eigenvalue weighted by molar-refractivity contribution is -0.117. The number of aryl methyl sites for hydroxylation is 1. The Kier molecular flexibility index (Phi) is 4.70. The van der Waals surface area contributed by atoms with E-state index in [1.54, 1.807) is 0 Å². The topological polar surface area (TPSA) is 76.1 Å². The number of ketones is 1. The predicted molar refractivity (Wildman–Crippen MR) is 107 cm³/mol. The summed E-state index contributed by atoms with van der Waals surface area (Å²) in [5.41, 5.74) is 9.80. The first kappa shape index (κ1) is 18.3. The van der Waals surface area contributed by atoms with Crippen LogP contribution in [0.25, 0.3) is 0 Å². The van der Waals surface area contributed by atoms with Crippen molar-refractivity contribution < 1.29 is 9.53 Å². The van der Waals surface area contributed by atoms with Crippen LogP contribution < -0.4 is 5.73 Å². The van der Waals surface area contributed by atoms with Crippen molar-refractivity contribution in [2.45, 2.75) is 31.6 Å². The van der Waals surface area contributed by atoms with Crippen molar-refractivity contribution in [1.82, 2.24) is 0 Å². The van der Waals surface area contributed by atoms with E-state index in [9.17, 15) is 10.1 Å². The molecule has 0 radical (unpaired) electrons. The van der Waals surface area contributed by atoms with E-state index in [-0.39, 0.29) is 23.2 Å². The fourth-order valence-corrected chi connectivity index (χ4v) is 4.32. The number of allylic oxidation sites excluding steroid dienone is 3. The van der Waals surface area contributed by atoms with Gasteiger partial charge in [0.2, 0.25) is 5.88 Å². The molecular formula is C23H19ClN2O2. The van der Waals surface area contributed by atoms with Crippen molar-refractivity contribution >= 4 is 17.4 Å². The van der Waals surface area contributed by atoms with E-state index in [1.165, 1.54) is 0 Å². The van der Waals surface area contributed by atoms with Gasteiger partial charge in [-0.15, -0.1) is 0 Å². The van der Waals surface area contributed by atoms with Crippen molar-refractivity contribution in [3.63, 3.8) is 0 Å². The molecule has 0 spiro atoms. The third-order valence-electron chi connectivity index (χ3n) is 5.42. The summed E-state index contributed by atoms with van der Waals surface area (Å²) in [7, 11) is 0. The van der Waals surface area contributed by atoms with Gasteiger partial charge < -0.3 is 10.5 Å². The molecule has 2 aromatic carbocycles. The van der Waals surface area contributed by atoms with Crippen molar-refractivity contribution in [1.29, 1.82) is 5.26 Å². The molecule has 0 fully saturated rings. The highest BCUT2D eigenvalue weighted by atomic mass is 35.5. The maximum Gasteiger partial charge on any atom is 0.205 e. The van der Waals surface area contributed by atoms with E-state index in [0.29, 0.717) is 29.2 Å². The van der Waals surface area contributed by atoms with E-state index in [0.717, 1.165) is 16.7 Å². The molecule has 1 heterocycles. The lowest BCUT2D eigenvalue weighted by atomic mass is 9.73. The number of carbonyl (C=O) groups is 1. The van der Waals surface area contributed by atoms with Gasteiger partial charge in [-0.25, -0.2) is 0 Å². The average Bonchev–Trinajstić information content (AvgIpc) is 2.68. The third-order valence-corrected chi connectivity index (χ3v) is 5.76. The maximum absolute atomic E-state index is 13.2. The van der Waals surface area contributed by atoms with Crippen LogP contribution >= 0.6 is 11.6 Å². The summed E-state index contributed by atoms with van der Waals surface area (Å²) in [6.07, 6.45) is 0.847. The highest BCUT2D eigenvalue weighted by Gasteiger charge is 2.41. The summed E-state index contributed by atoms with van der Waals surface area (Å²) < 4.78 is 5.78. The van der Waals surface area contributed by atoms with Crippen LogP contribution in [0.4, 0.5) is 0 Å². The predicted octanol–water partition coefficient (Wildman–Crippen LogP) is 4.86. The van der Waals surface area contributed by atoms with Crippen LogP contribution in [0.2, 0.25) is 5.02 Å². The van der Waals surface area contributed by atoms with E-state index >= 15 is 0 Å². The number of halogens is 1. The molecule has 0 bridgehead atoms. The van der Waals surface area contributed by atoms with Crippen LogP contribution in [0.5, 0.6) is 0 Å². The number of Topliss-reactive ketones (excluding diaryl/α,β-unsaturated/α-hetero) is 1. The van der Waals surface area contributed by atoms with Gasteiger partial charge in [0.25, 0.3) is 0 Å². The molecule has 2 unspecified atom stereocenters. The largest absolute Gasteiger partial charge is 0.444 e. The van der Waals surface area contributed by atoms with Crippen LogP contribution in [0, 0.1) is 18.3 Å². The van der Waals surface area contributed by atoms with Crippen LogP contribution in [-0.2, 0) is 9.53 Å². The quantitative estimate of drug-likeness (QED) is 0.794. The van der Waals surface area contributed by atoms with Gasteiger partial charge >= 0.3 is 0 Å². The Morgan fingerprint density at radius 1 is 1.14 bits per heavy atom. The van der Waals surface area contributed by atoms with Gasteiger partial charge in [0.15, 0.2) is 5.78 Å². The molecule has 1 aliphatic heterocycles. The number of benzene rings is 2. The monoisotopic (exact) mass is 390 g/mol. The highest BCUT2D eigenvalue weighted by Crippen LogP contribution is 2.47. The summed E-state index contributed by atoms with van der Waals surface area (Å²) in [6.45, 7) is 1.99. The molecule has 2 atom stereocenters. The molecule has 0 saturated heterocycles. The Morgan fingerprint density at radius 2 is 1.86 bits per heavy atom. The smallest absolute Gasteiger partial charge is 0.205 e. The van der Waals surface area contributed by atoms with Gasteiger partial charge in [-0.1, -0.05) is 59.6 Å². The Labute approximate surface area is 168 Å². The van der Waals surface area contributed by atoms with Gasteiger partial charge in [0.1, 0.15) is 17.4 Å². The molecule has 2 aliphatic rings. The molecular weight excluding hydrogens is 372 g/mol. The Hall–Kier alpha value is -3.03. The second kappa shape index (κ2) is 7.18. The number of nitriles is 1. The fourth-order valence-electron chi connectivity index (χ4n) is 4.03. The molecule has 2 N–H and O–H groups in total. The first-order valence-corrected chi connectivity index (χ1v) is 9.52. The van der Waals surface area contributed by atoms with E-state index in [4.69, 9.17) is 22.1 Å². The lowest BCUT2D eigenvalue weighted by Gasteiger charge is -2.34. The van der Waals surface area contributed by atoms with Gasteiger partial charge in [-0.3, -0.25) is 4.79 Å². The van der Waals surface area contributed by atoms with Crippen LogP contribution in [0.3, 0.4) is 0 Å². The van der Waals surface area contributed by atoms with Gasteiger partial charge in [0, 0.05) is 23.4 Å². The Bertz CT molecular complexity index is 1060. The minimum absolute atomic E-state index is 0.0306. The zero-order chi connectivity index (χ0) is 19.8. The van der Waals surface area contributed by atoms with Gasteiger partial charge in [-0.2, -0.15) is 5.26 Å². The molecule has 140 valence electrons. The molecule has 0 aromatic heterocycles. The van der Waals surface area contributed by atoms with E-state index < -0.39 is 5.92 Å². The number of ether oxygens (including phenoxy) is 1. The van der Waals surface area contributed by atoms with E-state index in [1.807, 2.05) is 55.5 Å². The molecule has 1 aliphatic carbocycles. The minimum Gasteiger partial charge on any atom is -0.444 e. The van der Waals surface area contributed by atoms with Crippen molar-refractivity contribution in [2.75, 3.05) is 0 Å². The van der Waals surface area contributed by atoms with Crippen LogP contribution in [0.1, 0.15) is 41.4 Å². The Balaban J connectivity index is 1.80. The van der Waals surface area contributed by atoms with Crippen LogP contribution in [-0.4, -0.2) is 5.78 Å². The number of hydrogen-bond acceptors (Lipinski definition) is 4. The molecule has 4 nitrogen and oxygen atoms in total. The number of nitrogens with two attached hydrogens (primary N) is 1. The van der Waals surface area contributed by atoms with Gasteiger partial charge in [-0.05, 0) is 30.0 Å². The molecule has 5 heteroatoms. The summed E-state index contributed by atoms with van der Waals surface area (Å²) in [4.78, 5) is 13.2. The van der Waals surface area contributed by atoms with E-state index in [2.05, 4.69) is 6.07 Å². The van der Waals surface area contributed by atoms with Crippen molar-refractivity contribution in [3.05, 3.63) is 93.0 Å². The average molecular weight is 391 g/mol. The highest BCUT2D eigenvalue weighted by molar-refractivity contribution is 6.31. The molecule has 4 rings (SSSR count). The summed E-state index contributed by atoms with van der Waals surface area (Å²) in [5, 5.41) is 10.3. The standard InChI is InChI=1S/C23H19ClN2O2/c1-13-6-8-14(9-7-13)21-17(12-25)23(26)28-20-11-15(10-19(27)22(20)21)16-4-2-3-5-18(16)24/h2-9,15,21H,10-11,26H2,1H3. The third kappa shape index (κ3) is 3.08. The normalized spacial score (nSPS) is 21.8. The van der Waals surface area contributed by atoms with Crippen molar-refractivity contribution in [2.24, 2.45) is 5.73 Å². The van der Waals surface area contributed by atoms with Crippen LogP contribution in [0.15, 0.2) is 71.3 Å². The zero-order valence-corrected chi connectivity index (χ0v) is 16.2. The fraction of sp³-hybridized carbons (Fsp3) is 0.217. The summed E-state index contributed by atoms with van der Waals surface area (Å²) in [5.74, 6) is 0.0174. The number of hydrogen-bond donors (Lipinski definition) is 1. The molecule has 2 aromatic rings. The minimum atomic E-state index is -0.492. The zero-order valence-electron chi connectivity index (χ0n) is 15.4.